The zero-order chi connectivity index (χ0) is 28.7. The van der Waals surface area contributed by atoms with Crippen molar-refractivity contribution in [1.82, 2.24) is 10.2 Å². The van der Waals surface area contributed by atoms with Gasteiger partial charge in [-0.1, -0.05) is 50.1 Å². The first-order valence-electron chi connectivity index (χ1n) is 14.4. The van der Waals surface area contributed by atoms with E-state index >= 15 is 0 Å². The Morgan fingerprint density at radius 1 is 1.02 bits per heavy atom. The third-order valence-electron chi connectivity index (χ3n) is 9.19. The van der Waals surface area contributed by atoms with E-state index in [2.05, 4.69) is 17.6 Å². The van der Waals surface area contributed by atoms with Crippen LogP contribution >= 0.6 is 0 Å². The number of hydrogen-bond donors (Lipinski definition) is 2. The van der Waals surface area contributed by atoms with Gasteiger partial charge < -0.3 is 29.7 Å². The van der Waals surface area contributed by atoms with Crippen molar-refractivity contribution in [2.24, 2.45) is 17.8 Å². The number of carbonyl (C=O) groups is 3. The first-order valence-corrected chi connectivity index (χ1v) is 14.4. The van der Waals surface area contributed by atoms with Gasteiger partial charge in [0.2, 0.25) is 17.7 Å². The molecule has 2 aromatic carbocycles. The van der Waals surface area contributed by atoms with Crippen LogP contribution in [0.15, 0.2) is 60.7 Å². The van der Waals surface area contributed by atoms with Gasteiger partial charge in [0.1, 0.15) is 23.1 Å². The molecule has 0 radical (unpaired) electrons. The Morgan fingerprint density at radius 3 is 2.51 bits per heavy atom. The van der Waals surface area contributed by atoms with Gasteiger partial charge >= 0.3 is 0 Å². The number of nitrogens with zero attached hydrogens (tertiary/aromatic N) is 1. The van der Waals surface area contributed by atoms with Gasteiger partial charge in [-0.05, 0) is 48.6 Å². The van der Waals surface area contributed by atoms with Crippen molar-refractivity contribution in [2.45, 2.75) is 62.9 Å². The molecule has 1 spiro atoms. The lowest BCUT2D eigenvalue weighted by Crippen LogP contribution is -2.57. The lowest BCUT2D eigenvalue weighted by Gasteiger charge is -2.36. The third-order valence-corrected chi connectivity index (χ3v) is 9.19. The van der Waals surface area contributed by atoms with Crippen LogP contribution < -0.4 is 20.1 Å². The fourth-order valence-corrected chi connectivity index (χ4v) is 7.12. The van der Waals surface area contributed by atoms with Crippen molar-refractivity contribution < 1.29 is 28.6 Å². The van der Waals surface area contributed by atoms with Crippen LogP contribution in [0.4, 0.5) is 5.69 Å². The van der Waals surface area contributed by atoms with E-state index < -0.39 is 29.6 Å². The fourth-order valence-electron chi connectivity index (χ4n) is 7.12. The topological polar surface area (TPSA) is 106 Å². The molecule has 2 saturated heterocycles. The molecule has 3 aliphatic heterocycles. The Balaban J connectivity index is 1.33. The maximum absolute atomic E-state index is 14.3. The van der Waals surface area contributed by atoms with Crippen molar-refractivity contribution in [3.05, 3.63) is 66.2 Å². The van der Waals surface area contributed by atoms with Gasteiger partial charge in [0, 0.05) is 24.3 Å². The third kappa shape index (κ3) is 4.76. The lowest BCUT2D eigenvalue weighted by molar-refractivity contribution is -0.142. The summed E-state index contributed by atoms with van der Waals surface area (Å²) in [7, 11) is 3.15. The van der Waals surface area contributed by atoms with Crippen LogP contribution in [-0.2, 0) is 25.7 Å². The number of carbonyl (C=O) groups excluding carboxylic acids is 3. The number of fused-ring (bicyclic) bond motifs is 1. The first kappa shape index (κ1) is 27.3. The molecule has 2 N–H and O–H groups in total. The predicted molar refractivity (Wildman–Crippen MR) is 152 cm³/mol. The summed E-state index contributed by atoms with van der Waals surface area (Å²) in [5.74, 6) is -0.801. The minimum absolute atomic E-state index is 0.0372. The number of anilines is 1. The highest BCUT2D eigenvalue weighted by molar-refractivity contribution is 6.02. The Hall–Kier alpha value is -3.85. The molecule has 9 heteroatoms. The molecule has 6 rings (SSSR count). The molecule has 2 aromatic rings. The maximum atomic E-state index is 14.3. The highest BCUT2D eigenvalue weighted by Crippen LogP contribution is 2.55. The summed E-state index contributed by atoms with van der Waals surface area (Å²) < 4.78 is 17.2. The Labute approximate surface area is 240 Å². The summed E-state index contributed by atoms with van der Waals surface area (Å²) in [5.41, 5.74) is 0.169. The zero-order valence-corrected chi connectivity index (χ0v) is 23.7. The summed E-state index contributed by atoms with van der Waals surface area (Å²) in [5, 5.41) is 6.22. The number of amides is 3. The summed E-state index contributed by atoms with van der Waals surface area (Å²) in [6.07, 6.45) is 7.25. The van der Waals surface area contributed by atoms with E-state index in [9.17, 15) is 14.4 Å². The van der Waals surface area contributed by atoms with Crippen LogP contribution in [-0.4, -0.2) is 60.6 Å². The second kappa shape index (κ2) is 10.9. The quantitative estimate of drug-likeness (QED) is 0.478. The maximum Gasteiger partial charge on any atom is 0.246 e. The highest BCUT2D eigenvalue weighted by atomic mass is 16.5. The van der Waals surface area contributed by atoms with Gasteiger partial charge in [0.25, 0.3) is 0 Å². The number of methoxy groups -OCH3 is 2. The Morgan fingerprint density at radius 2 is 1.76 bits per heavy atom. The molecule has 216 valence electrons. The zero-order valence-electron chi connectivity index (χ0n) is 23.7. The van der Waals surface area contributed by atoms with E-state index in [-0.39, 0.29) is 30.3 Å². The number of benzene rings is 2. The second-order valence-corrected chi connectivity index (χ2v) is 11.6. The van der Waals surface area contributed by atoms with Crippen LogP contribution in [0.3, 0.4) is 0 Å². The Bertz CT molecular complexity index is 1380. The van der Waals surface area contributed by atoms with Crippen molar-refractivity contribution in [3.8, 4) is 11.5 Å². The molecule has 0 aromatic heterocycles. The molecule has 9 nitrogen and oxygen atoms in total. The van der Waals surface area contributed by atoms with Crippen LogP contribution in [0, 0.1) is 17.8 Å². The largest absolute Gasteiger partial charge is 0.497 e. The molecule has 3 fully saturated rings. The van der Waals surface area contributed by atoms with Gasteiger partial charge in [-0.3, -0.25) is 14.4 Å². The van der Waals surface area contributed by atoms with Gasteiger partial charge in [0.15, 0.2) is 0 Å². The number of nitrogens with one attached hydrogen (secondary N) is 2. The number of likely N-dealkylation sites (tertiary alicyclic amines) is 1. The molecular formula is C32H37N3O6. The van der Waals surface area contributed by atoms with Crippen LogP contribution in [0.25, 0.3) is 0 Å². The van der Waals surface area contributed by atoms with E-state index in [1.54, 1.807) is 43.4 Å². The molecule has 7 atom stereocenters. The average Bonchev–Trinajstić information content (AvgIpc) is 3.62. The predicted octanol–water partition coefficient (Wildman–Crippen LogP) is 3.69. The van der Waals surface area contributed by atoms with Gasteiger partial charge in [0.05, 0.1) is 32.2 Å². The standard InChI is InChI=1S/C32H37N3O6/c1-19-8-4-5-13-24(19)34-30(37)28-32-15-14-25(41-32)26(29(36)33-21-10-7-12-23(17-21)40-3)27(32)31(38)35(28)18-20-9-6-11-22(16-20)39-2/h6-7,9-12,14-17,19,24-28H,4-5,8,13,18H2,1-3H3,(H,33,36)(H,34,37)/t19-,24-,25+,26+,27+,28-,32-/m0/s1. The molecule has 3 amide bonds. The average molecular weight is 560 g/mol. The van der Waals surface area contributed by atoms with Crippen molar-refractivity contribution in [3.63, 3.8) is 0 Å². The van der Waals surface area contributed by atoms with Crippen LogP contribution in [0.2, 0.25) is 0 Å². The normalized spacial score (nSPS) is 31.6. The van der Waals surface area contributed by atoms with E-state index in [1.807, 2.05) is 36.4 Å². The van der Waals surface area contributed by atoms with E-state index in [0.29, 0.717) is 23.1 Å². The molecule has 1 saturated carbocycles. The SMILES string of the molecule is COc1cccc(CN2C(=O)[C@H]3[C@H](C(=O)Nc4cccc(OC)c4)[C@H]4C=C[C@@]3(O4)[C@@H]2C(=O)N[C@H]2CCCC[C@@H]2C)c1. The lowest BCUT2D eigenvalue weighted by atomic mass is 9.74. The summed E-state index contributed by atoms with van der Waals surface area (Å²) in [6, 6.07) is 13.7. The smallest absolute Gasteiger partial charge is 0.246 e. The summed E-state index contributed by atoms with van der Waals surface area (Å²) in [6.45, 7) is 2.36. The molecule has 41 heavy (non-hydrogen) atoms. The highest BCUT2D eigenvalue weighted by Gasteiger charge is 2.72. The van der Waals surface area contributed by atoms with Crippen molar-refractivity contribution in [1.29, 1.82) is 0 Å². The number of ether oxygens (including phenoxy) is 3. The summed E-state index contributed by atoms with van der Waals surface area (Å²) >= 11 is 0. The monoisotopic (exact) mass is 559 g/mol. The van der Waals surface area contributed by atoms with E-state index in [0.717, 1.165) is 31.2 Å². The molecule has 0 unspecified atom stereocenters. The minimum atomic E-state index is -1.22. The van der Waals surface area contributed by atoms with Gasteiger partial charge in [-0.15, -0.1) is 0 Å². The number of rotatable bonds is 8. The van der Waals surface area contributed by atoms with Gasteiger partial charge in [-0.2, -0.15) is 0 Å². The van der Waals surface area contributed by atoms with Gasteiger partial charge in [-0.25, -0.2) is 0 Å². The molecule has 1 aliphatic carbocycles. The molecular weight excluding hydrogens is 522 g/mol. The van der Waals surface area contributed by atoms with Crippen LogP contribution in [0.1, 0.15) is 38.2 Å². The second-order valence-electron chi connectivity index (χ2n) is 11.6. The molecule has 4 aliphatic rings. The Kier molecular flexibility index (Phi) is 7.23. The van der Waals surface area contributed by atoms with E-state index in [1.165, 1.54) is 0 Å². The first-order chi connectivity index (χ1) is 19.8. The van der Waals surface area contributed by atoms with E-state index in [4.69, 9.17) is 14.2 Å². The summed E-state index contributed by atoms with van der Waals surface area (Å²) in [4.78, 5) is 43.7. The van der Waals surface area contributed by atoms with Crippen molar-refractivity contribution in [2.75, 3.05) is 19.5 Å². The molecule has 3 heterocycles. The minimum Gasteiger partial charge on any atom is -0.497 e. The fraction of sp³-hybridized carbons (Fsp3) is 0.469. The van der Waals surface area contributed by atoms with Crippen molar-refractivity contribution >= 4 is 23.4 Å². The molecule has 2 bridgehead atoms. The van der Waals surface area contributed by atoms with Crippen LogP contribution in [0.5, 0.6) is 11.5 Å². The number of hydrogen-bond acceptors (Lipinski definition) is 6.